The van der Waals surface area contributed by atoms with Crippen LogP contribution in [-0.4, -0.2) is 86.1 Å². The molecule has 3 amide bonds. The molecular weight excluding hydrogens is 680 g/mol. The van der Waals surface area contributed by atoms with Gasteiger partial charge in [-0.15, -0.1) is 0 Å². The molecule has 1 aliphatic carbocycles. The highest BCUT2D eigenvalue weighted by molar-refractivity contribution is 7.75. The summed E-state index contributed by atoms with van der Waals surface area (Å²) in [5, 5.41) is 13.1. The maximum absolute atomic E-state index is 13.9. The van der Waals surface area contributed by atoms with Crippen molar-refractivity contribution in [2.75, 3.05) is 52.0 Å². The molecule has 272 valence electrons. The van der Waals surface area contributed by atoms with Crippen LogP contribution in [0.5, 0.6) is 5.75 Å². The van der Waals surface area contributed by atoms with E-state index in [0.717, 1.165) is 44.3 Å². The number of rotatable bonds is 4. The average Bonchev–Trinajstić information content (AvgIpc) is 3.09. The Balaban J connectivity index is 1.37. The second-order valence-corrected chi connectivity index (χ2v) is 15.9. The normalized spacial score (nSPS) is 27.9. The van der Waals surface area contributed by atoms with Gasteiger partial charge in [-0.1, -0.05) is 36.7 Å². The van der Waals surface area contributed by atoms with Crippen LogP contribution in [0, 0.1) is 17.8 Å². The second kappa shape index (κ2) is 16.0. The van der Waals surface area contributed by atoms with E-state index < -0.39 is 33.5 Å². The Labute approximate surface area is 301 Å². The van der Waals surface area contributed by atoms with Gasteiger partial charge in [0, 0.05) is 37.9 Å². The van der Waals surface area contributed by atoms with Gasteiger partial charge < -0.3 is 43.0 Å². The van der Waals surface area contributed by atoms with Gasteiger partial charge in [0.15, 0.2) is 0 Å². The number of methoxy groups -OCH3 is 2. The number of nitrogens with zero attached hydrogens (tertiary/aromatic N) is 3. The summed E-state index contributed by atoms with van der Waals surface area (Å²) < 4.78 is 35.4. The SMILES string of the molecule is COCC1(O)CN(C(=O)NC2[C@@H](C)C/C=C/[C@H](OC)[C@@H]3CC[C@H]3CN3Cc4ccc(Cl)cc4CCCCOc4ccc(cc43)C(=O)N=[S-]2=O)C1. The minimum absolute atomic E-state index is 0.0830. The summed E-state index contributed by atoms with van der Waals surface area (Å²) in [6.45, 7) is 4.00. The van der Waals surface area contributed by atoms with Gasteiger partial charge in [-0.3, -0.25) is 4.79 Å². The minimum atomic E-state index is -2.11. The van der Waals surface area contributed by atoms with Crippen molar-refractivity contribution in [2.24, 2.45) is 22.1 Å². The molecule has 1 unspecified atom stereocenters. The molecule has 2 N–H and O–H groups in total. The van der Waals surface area contributed by atoms with E-state index in [4.69, 9.17) is 25.8 Å². The highest BCUT2D eigenvalue weighted by atomic mass is 35.5. The van der Waals surface area contributed by atoms with Crippen LogP contribution < -0.4 is 15.0 Å². The minimum Gasteiger partial charge on any atom is -0.491 e. The molecule has 2 aromatic rings. The van der Waals surface area contributed by atoms with Gasteiger partial charge in [-0.25, -0.2) is 4.79 Å². The number of hydrogen-bond acceptors (Lipinski definition) is 9. The fourth-order valence-corrected chi connectivity index (χ4v) is 8.79. The van der Waals surface area contributed by atoms with Gasteiger partial charge in [0.1, 0.15) is 11.4 Å². The number of carbonyl (C=O) groups excluding carboxylic acids is 2. The van der Waals surface area contributed by atoms with Crippen LogP contribution in [0.25, 0.3) is 0 Å². The maximum atomic E-state index is 13.9. The number of aliphatic hydroxyl groups is 1. The molecule has 3 aliphatic heterocycles. The Hall–Kier alpha value is -3.16. The number of allylic oxidation sites excluding steroid dienone is 1. The number of halogens is 1. The number of benzene rings is 2. The summed E-state index contributed by atoms with van der Waals surface area (Å²) in [5.74, 6) is 0.330. The van der Waals surface area contributed by atoms with Crippen LogP contribution in [0.15, 0.2) is 52.9 Å². The molecule has 2 bridgehead atoms. The smallest absolute Gasteiger partial charge is 0.316 e. The van der Waals surface area contributed by atoms with Crippen molar-refractivity contribution in [3.63, 3.8) is 0 Å². The standard InChI is InChI=1S/C37H48ClN4O7S/c1-24-7-6-9-32(48-3)30-14-11-28(30)20-41-19-27-10-13-29(38)17-25(27)8-4-5-16-49-33-15-12-26(18-31(33)41)34(43)40-50(46)35(24)39-36(44)42-21-37(45,22-42)23-47-2/h6,9-10,12-13,15,17-18,24,28,30,32,35,45H,4-5,7-8,11,14,16,19-23H2,1-3H3,(H,39,44)/q-1/b9-6+/t24-,28-,30+,32-,35?/m0/s1. The fourth-order valence-electron chi connectivity index (χ4n) is 7.50. The third-order valence-electron chi connectivity index (χ3n) is 10.5. The Kier molecular flexibility index (Phi) is 11.7. The van der Waals surface area contributed by atoms with E-state index in [-0.39, 0.29) is 43.2 Å². The summed E-state index contributed by atoms with van der Waals surface area (Å²) in [6.07, 6.45) is 9.23. The molecule has 6 rings (SSSR count). The largest absolute Gasteiger partial charge is 0.491 e. The topological polar surface area (TPSA) is 130 Å². The van der Waals surface area contributed by atoms with Gasteiger partial charge in [0.25, 0.3) is 5.91 Å². The molecule has 11 nitrogen and oxygen atoms in total. The van der Waals surface area contributed by atoms with Gasteiger partial charge in [-0.2, -0.15) is 10.6 Å². The summed E-state index contributed by atoms with van der Waals surface area (Å²) in [4.78, 5) is 30.7. The lowest BCUT2D eigenvalue weighted by molar-refractivity contribution is -0.115. The predicted molar refractivity (Wildman–Crippen MR) is 193 cm³/mol. The highest BCUT2D eigenvalue weighted by Crippen LogP contribution is 2.42. The molecule has 2 fully saturated rings. The van der Waals surface area contributed by atoms with Crippen molar-refractivity contribution < 1.29 is 33.1 Å². The lowest BCUT2D eigenvalue weighted by atomic mass is 9.70. The van der Waals surface area contributed by atoms with Crippen LogP contribution >= 0.6 is 11.6 Å². The molecule has 1 saturated carbocycles. The zero-order valence-corrected chi connectivity index (χ0v) is 30.6. The number of likely N-dealkylation sites (tertiary alicyclic amines) is 1. The Bertz CT molecular complexity index is 1670. The lowest BCUT2D eigenvalue weighted by Crippen LogP contribution is -2.68. The van der Waals surface area contributed by atoms with Crippen molar-refractivity contribution in [3.05, 3.63) is 70.3 Å². The molecule has 0 radical (unpaired) electrons. The van der Waals surface area contributed by atoms with Crippen molar-refractivity contribution in [1.82, 2.24) is 10.2 Å². The van der Waals surface area contributed by atoms with Crippen molar-refractivity contribution in [2.45, 2.75) is 69.1 Å². The quantitative estimate of drug-likeness (QED) is 0.303. The summed E-state index contributed by atoms with van der Waals surface area (Å²) in [5.41, 5.74) is 2.32. The molecule has 5 atom stereocenters. The molecule has 3 heterocycles. The number of β-amino-alcohol motifs (C(OH)–C–C–N with tert-alkyl or cyclic N) is 1. The van der Waals surface area contributed by atoms with Crippen LogP contribution in [0.3, 0.4) is 0 Å². The van der Waals surface area contributed by atoms with Crippen LogP contribution in [0.1, 0.15) is 60.5 Å². The van der Waals surface area contributed by atoms with Crippen LogP contribution in [0.4, 0.5) is 10.5 Å². The molecule has 13 heteroatoms. The molecule has 50 heavy (non-hydrogen) atoms. The maximum Gasteiger partial charge on any atom is 0.316 e. The summed E-state index contributed by atoms with van der Waals surface area (Å²) in [7, 11) is 1.11. The van der Waals surface area contributed by atoms with Crippen LogP contribution in [-0.2, 0) is 37.2 Å². The van der Waals surface area contributed by atoms with Crippen molar-refractivity contribution in [1.29, 1.82) is 0 Å². The first kappa shape index (κ1) is 36.6. The monoisotopic (exact) mass is 727 g/mol. The molecule has 1 saturated heterocycles. The van der Waals surface area contributed by atoms with E-state index >= 15 is 0 Å². The van der Waals surface area contributed by atoms with Crippen molar-refractivity contribution in [3.8, 4) is 5.75 Å². The highest BCUT2D eigenvalue weighted by Gasteiger charge is 2.44. The number of nitrogens with one attached hydrogen (secondary N) is 1. The number of aryl methyl sites for hydroxylation is 1. The molecule has 2 aromatic carbocycles. The number of hydrogen-bond donors (Lipinski definition) is 2. The zero-order valence-electron chi connectivity index (χ0n) is 29.0. The Morgan fingerprint density at radius 3 is 2.72 bits per heavy atom. The summed E-state index contributed by atoms with van der Waals surface area (Å²) >= 11 is 6.45. The van der Waals surface area contributed by atoms with E-state index in [1.54, 1.807) is 19.2 Å². The number of amides is 3. The second-order valence-electron chi connectivity index (χ2n) is 14.2. The molecular formula is C37H48ClN4O7S-. The van der Waals surface area contributed by atoms with Gasteiger partial charge >= 0.3 is 6.03 Å². The number of fused-ring (bicyclic) bond motifs is 3. The Morgan fingerprint density at radius 1 is 1.16 bits per heavy atom. The molecule has 4 aliphatic rings. The van der Waals surface area contributed by atoms with Gasteiger partial charge in [0.2, 0.25) is 0 Å². The molecule has 0 spiro atoms. The fraction of sp³-hybridized carbons (Fsp3) is 0.568. The number of anilines is 1. The van der Waals surface area contributed by atoms with E-state index in [0.29, 0.717) is 36.3 Å². The molecule has 0 aromatic heterocycles. The van der Waals surface area contributed by atoms with E-state index in [2.05, 4.69) is 32.8 Å². The van der Waals surface area contributed by atoms with Gasteiger partial charge in [-0.05, 0) is 103 Å². The van der Waals surface area contributed by atoms with E-state index in [1.165, 1.54) is 23.1 Å². The number of ether oxygens (including phenoxy) is 3. The predicted octanol–water partition coefficient (Wildman–Crippen LogP) is 5.72. The van der Waals surface area contributed by atoms with Crippen molar-refractivity contribution >= 4 is 39.8 Å². The first-order chi connectivity index (χ1) is 24.1. The first-order valence-corrected chi connectivity index (χ1v) is 19.0. The lowest BCUT2D eigenvalue weighted by Gasteiger charge is -2.46. The zero-order chi connectivity index (χ0) is 35.4. The number of carbonyl (C=O) groups is 2. The third kappa shape index (κ3) is 8.31. The van der Waals surface area contributed by atoms with Crippen LogP contribution in [0.2, 0.25) is 5.02 Å². The first-order valence-electron chi connectivity index (χ1n) is 17.5. The van der Waals surface area contributed by atoms with E-state index in [1.807, 2.05) is 25.1 Å². The average molecular weight is 728 g/mol. The van der Waals surface area contributed by atoms with Gasteiger partial charge in [0.05, 0.1) is 38.1 Å². The Morgan fingerprint density at radius 2 is 1.98 bits per heavy atom. The summed E-state index contributed by atoms with van der Waals surface area (Å²) in [6, 6.07) is 10.9. The number of urea groups is 1. The van der Waals surface area contributed by atoms with E-state index in [9.17, 15) is 18.9 Å². The third-order valence-corrected chi connectivity index (χ3v) is 12.1.